The van der Waals surface area contributed by atoms with Gasteiger partial charge in [0.05, 0.1) is 6.61 Å². The van der Waals surface area contributed by atoms with Crippen LogP contribution in [0.1, 0.15) is 16.7 Å². The van der Waals surface area contributed by atoms with E-state index in [2.05, 4.69) is 64.3 Å². The molecule has 0 amide bonds. The average molecular weight is 356 g/mol. The van der Waals surface area contributed by atoms with Gasteiger partial charge in [-0.05, 0) is 47.6 Å². The summed E-state index contributed by atoms with van der Waals surface area (Å²) in [6, 6.07) is 15.1. The molecule has 0 bridgehead atoms. The number of benzene rings is 2. The van der Waals surface area contributed by atoms with E-state index in [-0.39, 0.29) is 0 Å². The fraction of sp³-hybridized carbons (Fsp3) is 0.350. The van der Waals surface area contributed by atoms with Crippen molar-refractivity contribution in [1.82, 2.24) is 10.6 Å². The molecule has 4 nitrogen and oxygen atoms in total. The monoisotopic (exact) mass is 355 g/mol. The molecule has 0 fully saturated rings. The predicted molar refractivity (Wildman–Crippen MR) is 106 cm³/mol. The third kappa shape index (κ3) is 4.92. The first-order valence-corrected chi connectivity index (χ1v) is 9.83. The van der Waals surface area contributed by atoms with Gasteiger partial charge in [-0.3, -0.25) is 4.99 Å². The molecule has 25 heavy (non-hydrogen) atoms. The summed E-state index contributed by atoms with van der Waals surface area (Å²) in [7, 11) is 1.80. The Balaban J connectivity index is 1.44. The molecular weight excluding hydrogens is 330 g/mol. The molecule has 2 aromatic carbocycles. The van der Waals surface area contributed by atoms with Gasteiger partial charge in [0, 0.05) is 31.5 Å². The molecule has 0 spiro atoms. The largest absolute Gasteiger partial charge is 0.493 e. The molecule has 132 valence electrons. The summed E-state index contributed by atoms with van der Waals surface area (Å²) in [5.74, 6) is 1.88. The zero-order chi connectivity index (χ0) is 17.5. The number of nitrogens with zero attached hydrogens (tertiary/aromatic N) is 1. The van der Waals surface area contributed by atoms with E-state index in [4.69, 9.17) is 4.74 Å². The van der Waals surface area contributed by atoms with Crippen molar-refractivity contribution in [3.8, 4) is 5.75 Å². The number of rotatable bonds is 6. The molecule has 0 aromatic heterocycles. The minimum Gasteiger partial charge on any atom is -0.493 e. The number of fused-ring (bicyclic) bond motifs is 1. The molecule has 0 radical (unpaired) electrons. The van der Waals surface area contributed by atoms with Gasteiger partial charge in [0.25, 0.3) is 0 Å². The Kier molecular flexibility index (Phi) is 6.23. The number of aliphatic imine (C=N–C) groups is 1. The Morgan fingerprint density at radius 2 is 1.92 bits per heavy atom. The molecular formula is C20H25N3OS. The van der Waals surface area contributed by atoms with E-state index in [9.17, 15) is 0 Å². The molecule has 2 N–H and O–H groups in total. The molecule has 0 saturated carbocycles. The smallest absolute Gasteiger partial charge is 0.191 e. The van der Waals surface area contributed by atoms with E-state index in [1.165, 1.54) is 21.6 Å². The lowest BCUT2D eigenvalue weighted by molar-refractivity contribution is 0.357. The maximum absolute atomic E-state index is 5.56. The van der Waals surface area contributed by atoms with Crippen LogP contribution in [0.4, 0.5) is 0 Å². The molecule has 1 aliphatic rings. The maximum Gasteiger partial charge on any atom is 0.191 e. The lowest BCUT2D eigenvalue weighted by Crippen LogP contribution is -2.37. The predicted octanol–water partition coefficient (Wildman–Crippen LogP) is 3.25. The van der Waals surface area contributed by atoms with E-state index in [1.807, 2.05) is 0 Å². The molecule has 1 aliphatic heterocycles. The molecule has 2 aromatic rings. The Hall–Kier alpha value is -2.14. The number of guanidine groups is 1. The number of thioether (sulfide) groups is 1. The summed E-state index contributed by atoms with van der Waals surface area (Å²) in [6.45, 7) is 2.43. The summed E-state index contributed by atoms with van der Waals surface area (Å²) in [5.41, 5.74) is 3.91. The van der Waals surface area contributed by atoms with Crippen LogP contribution in [-0.2, 0) is 19.4 Å². The van der Waals surface area contributed by atoms with Gasteiger partial charge in [-0.25, -0.2) is 0 Å². The Morgan fingerprint density at radius 3 is 2.68 bits per heavy atom. The molecule has 0 aliphatic carbocycles. The highest BCUT2D eigenvalue weighted by Gasteiger charge is 2.11. The lowest BCUT2D eigenvalue weighted by atomic mass is 10.1. The Bertz CT molecular complexity index is 728. The summed E-state index contributed by atoms with van der Waals surface area (Å²) in [5, 5.41) is 6.75. The van der Waals surface area contributed by atoms with Crippen molar-refractivity contribution >= 4 is 17.7 Å². The first-order chi connectivity index (χ1) is 12.3. The zero-order valence-electron chi connectivity index (χ0n) is 14.8. The van der Waals surface area contributed by atoms with Gasteiger partial charge in [-0.1, -0.05) is 24.3 Å². The van der Waals surface area contributed by atoms with Gasteiger partial charge in [-0.2, -0.15) is 0 Å². The van der Waals surface area contributed by atoms with Crippen molar-refractivity contribution in [3.05, 3.63) is 59.2 Å². The highest BCUT2D eigenvalue weighted by atomic mass is 32.2. The second-order valence-electron chi connectivity index (χ2n) is 5.99. The van der Waals surface area contributed by atoms with Gasteiger partial charge in [0.1, 0.15) is 5.75 Å². The van der Waals surface area contributed by atoms with E-state index >= 15 is 0 Å². The topological polar surface area (TPSA) is 45.7 Å². The maximum atomic E-state index is 5.56. The highest BCUT2D eigenvalue weighted by molar-refractivity contribution is 7.98. The van der Waals surface area contributed by atoms with E-state index in [1.54, 1.807) is 18.8 Å². The fourth-order valence-electron chi connectivity index (χ4n) is 2.87. The van der Waals surface area contributed by atoms with E-state index in [0.717, 1.165) is 44.2 Å². The number of hydrogen-bond donors (Lipinski definition) is 2. The van der Waals surface area contributed by atoms with Gasteiger partial charge < -0.3 is 15.4 Å². The van der Waals surface area contributed by atoms with Gasteiger partial charge in [0.15, 0.2) is 5.96 Å². The van der Waals surface area contributed by atoms with Crippen LogP contribution >= 0.6 is 11.8 Å². The van der Waals surface area contributed by atoms with Crippen LogP contribution in [0.5, 0.6) is 5.75 Å². The van der Waals surface area contributed by atoms with Crippen LogP contribution in [0.15, 0.2) is 52.4 Å². The average Bonchev–Trinajstić information content (AvgIpc) is 3.12. The van der Waals surface area contributed by atoms with Crippen LogP contribution in [0.25, 0.3) is 0 Å². The molecule has 0 atom stereocenters. The first-order valence-electron chi connectivity index (χ1n) is 8.60. The molecule has 5 heteroatoms. The third-order valence-corrected chi connectivity index (χ3v) is 5.05. The second kappa shape index (κ2) is 8.81. The molecule has 0 unspecified atom stereocenters. The van der Waals surface area contributed by atoms with Crippen molar-refractivity contribution in [2.75, 3.05) is 26.5 Å². The second-order valence-corrected chi connectivity index (χ2v) is 6.87. The Labute approximate surface area is 154 Å². The molecule has 1 heterocycles. The van der Waals surface area contributed by atoms with Crippen LogP contribution < -0.4 is 15.4 Å². The minimum atomic E-state index is 0.768. The van der Waals surface area contributed by atoms with Crippen molar-refractivity contribution < 1.29 is 4.74 Å². The number of ether oxygens (including phenoxy) is 1. The van der Waals surface area contributed by atoms with Crippen LogP contribution in [0.2, 0.25) is 0 Å². The van der Waals surface area contributed by atoms with Gasteiger partial charge in [-0.15, -0.1) is 11.8 Å². The van der Waals surface area contributed by atoms with Gasteiger partial charge in [0.2, 0.25) is 0 Å². The third-order valence-electron chi connectivity index (χ3n) is 4.30. The van der Waals surface area contributed by atoms with E-state index < -0.39 is 0 Å². The standard InChI is InChI=1S/C20H25N3OS/c1-21-20(23-14-16-3-6-18(25-2)7-4-16)22-11-9-15-5-8-19-17(13-15)10-12-24-19/h3-8,13H,9-12,14H2,1-2H3,(H2,21,22,23). The summed E-state index contributed by atoms with van der Waals surface area (Å²) >= 11 is 1.76. The summed E-state index contributed by atoms with van der Waals surface area (Å²) in [4.78, 5) is 5.58. The van der Waals surface area contributed by atoms with Gasteiger partial charge >= 0.3 is 0 Å². The lowest BCUT2D eigenvalue weighted by Gasteiger charge is -2.12. The van der Waals surface area contributed by atoms with Crippen molar-refractivity contribution in [2.24, 2.45) is 4.99 Å². The number of nitrogens with one attached hydrogen (secondary N) is 2. The normalized spacial score (nSPS) is 13.3. The first kappa shape index (κ1) is 17.7. The zero-order valence-corrected chi connectivity index (χ0v) is 15.7. The minimum absolute atomic E-state index is 0.768. The van der Waals surface area contributed by atoms with Crippen molar-refractivity contribution in [2.45, 2.75) is 24.3 Å². The quantitative estimate of drug-likeness (QED) is 0.474. The van der Waals surface area contributed by atoms with Crippen LogP contribution in [0.3, 0.4) is 0 Å². The molecule has 3 rings (SSSR count). The SMILES string of the molecule is CN=C(NCCc1ccc2c(c1)CCO2)NCc1ccc(SC)cc1. The fourth-order valence-corrected chi connectivity index (χ4v) is 3.28. The number of hydrogen-bond acceptors (Lipinski definition) is 3. The Morgan fingerprint density at radius 1 is 1.12 bits per heavy atom. The van der Waals surface area contributed by atoms with Crippen molar-refractivity contribution in [3.63, 3.8) is 0 Å². The molecule has 0 saturated heterocycles. The van der Waals surface area contributed by atoms with E-state index in [0.29, 0.717) is 0 Å². The summed E-state index contributed by atoms with van der Waals surface area (Å²) in [6.07, 6.45) is 4.08. The summed E-state index contributed by atoms with van der Waals surface area (Å²) < 4.78 is 5.56. The van der Waals surface area contributed by atoms with Crippen LogP contribution in [0, 0.1) is 0 Å². The highest BCUT2D eigenvalue weighted by Crippen LogP contribution is 2.25. The van der Waals surface area contributed by atoms with Crippen molar-refractivity contribution in [1.29, 1.82) is 0 Å². The van der Waals surface area contributed by atoms with Crippen LogP contribution in [-0.4, -0.2) is 32.4 Å².